The third-order valence-electron chi connectivity index (χ3n) is 3.53. The van der Waals surface area contributed by atoms with Gasteiger partial charge < -0.3 is 9.88 Å². The van der Waals surface area contributed by atoms with Crippen molar-refractivity contribution in [3.8, 4) is 0 Å². The minimum absolute atomic E-state index is 0.0760. The maximum Gasteiger partial charge on any atom is 0.272 e. The number of carbonyl (C=O) groups is 1. The zero-order valence-electron chi connectivity index (χ0n) is 13.0. The maximum atomic E-state index is 12.2. The molecule has 1 aromatic carbocycles. The summed E-state index contributed by atoms with van der Waals surface area (Å²) in [5.41, 5.74) is 2.62. The molecule has 0 bridgehead atoms. The first-order valence-corrected chi connectivity index (χ1v) is 8.09. The number of aromatic nitrogens is 1. The zero-order valence-corrected chi connectivity index (χ0v) is 13.8. The van der Waals surface area contributed by atoms with Gasteiger partial charge >= 0.3 is 0 Å². The Kier molecular flexibility index (Phi) is 5.12. The molecule has 0 aliphatic carbocycles. The van der Waals surface area contributed by atoms with Crippen molar-refractivity contribution in [1.29, 1.82) is 0 Å². The normalized spacial score (nSPS) is 12.2. The van der Waals surface area contributed by atoms with Gasteiger partial charge in [0.1, 0.15) is 5.69 Å². The topological polar surface area (TPSA) is 34.0 Å². The summed E-state index contributed by atoms with van der Waals surface area (Å²) in [5, 5.41) is 3.58. The molecule has 0 fully saturated rings. The van der Waals surface area contributed by atoms with Crippen molar-refractivity contribution in [2.75, 3.05) is 5.32 Å². The largest absolute Gasteiger partial charge is 0.347 e. The van der Waals surface area contributed by atoms with Crippen LogP contribution in [-0.2, 0) is 7.05 Å². The molecule has 0 saturated heterocycles. The highest BCUT2D eigenvalue weighted by Gasteiger charge is 2.11. The van der Waals surface area contributed by atoms with E-state index in [1.165, 1.54) is 4.90 Å². The second kappa shape index (κ2) is 6.85. The van der Waals surface area contributed by atoms with Crippen LogP contribution in [0.4, 0.5) is 5.69 Å². The monoisotopic (exact) mass is 302 g/mol. The van der Waals surface area contributed by atoms with Gasteiger partial charge in [-0.05, 0) is 49.2 Å². The Morgan fingerprint density at radius 3 is 2.71 bits per heavy atom. The molecule has 0 saturated carbocycles. The number of hydrogen-bond acceptors (Lipinski definition) is 2. The number of nitrogens with one attached hydrogen (secondary N) is 1. The van der Waals surface area contributed by atoms with E-state index in [4.69, 9.17) is 0 Å². The van der Waals surface area contributed by atoms with Gasteiger partial charge in [-0.15, -0.1) is 11.8 Å². The molecule has 1 heterocycles. The van der Waals surface area contributed by atoms with Gasteiger partial charge in [0.15, 0.2) is 0 Å². The van der Waals surface area contributed by atoms with Crippen molar-refractivity contribution in [2.24, 2.45) is 7.05 Å². The molecule has 1 aromatic heterocycles. The highest BCUT2D eigenvalue weighted by molar-refractivity contribution is 7.99. The fourth-order valence-electron chi connectivity index (χ4n) is 2.05. The average Bonchev–Trinajstić information content (AvgIpc) is 2.88. The van der Waals surface area contributed by atoms with Crippen molar-refractivity contribution in [3.63, 3.8) is 0 Å². The summed E-state index contributed by atoms with van der Waals surface area (Å²) in [4.78, 5) is 13.5. The Morgan fingerprint density at radius 2 is 2.14 bits per heavy atom. The summed E-state index contributed by atoms with van der Waals surface area (Å²) in [6.45, 7) is 6.45. The van der Waals surface area contributed by atoms with Gasteiger partial charge in [-0.2, -0.15) is 0 Å². The van der Waals surface area contributed by atoms with Crippen LogP contribution >= 0.6 is 11.8 Å². The van der Waals surface area contributed by atoms with Gasteiger partial charge in [-0.1, -0.05) is 13.8 Å². The average molecular weight is 302 g/mol. The van der Waals surface area contributed by atoms with E-state index < -0.39 is 0 Å². The number of hydrogen-bond donors (Lipinski definition) is 1. The molecule has 0 aliphatic rings. The molecule has 4 heteroatoms. The summed E-state index contributed by atoms with van der Waals surface area (Å²) < 4.78 is 1.82. The van der Waals surface area contributed by atoms with E-state index in [1.54, 1.807) is 0 Å². The number of anilines is 1. The molecular formula is C17H22N2OS. The minimum atomic E-state index is -0.0760. The summed E-state index contributed by atoms with van der Waals surface area (Å²) in [6, 6.07) is 9.88. The maximum absolute atomic E-state index is 12.2. The van der Waals surface area contributed by atoms with Gasteiger partial charge in [-0.25, -0.2) is 0 Å². The van der Waals surface area contributed by atoms with Gasteiger partial charge in [0.2, 0.25) is 0 Å². The predicted molar refractivity (Wildman–Crippen MR) is 90.2 cm³/mol. The third kappa shape index (κ3) is 3.91. The summed E-state index contributed by atoms with van der Waals surface area (Å²) >= 11 is 1.87. The van der Waals surface area contributed by atoms with Crippen LogP contribution in [-0.4, -0.2) is 15.7 Å². The van der Waals surface area contributed by atoms with Crippen LogP contribution in [0.5, 0.6) is 0 Å². The van der Waals surface area contributed by atoms with E-state index in [9.17, 15) is 4.79 Å². The quantitative estimate of drug-likeness (QED) is 0.826. The number of nitrogens with zero attached hydrogens (tertiary/aromatic N) is 1. The van der Waals surface area contributed by atoms with Crippen molar-refractivity contribution < 1.29 is 4.79 Å². The molecule has 1 atom stereocenters. The van der Waals surface area contributed by atoms with Crippen LogP contribution < -0.4 is 5.32 Å². The Bertz CT molecular complexity index is 633. The number of carbonyl (C=O) groups excluding carboxylic acids is 1. The summed E-state index contributed by atoms with van der Waals surface area (Å²) in [7, 11) is 1.87. The number of benzene rings is 1. The van der Waals surface area contributed by atoms with Crippen LogP contribution in [0.15, 0.2) is 41.4 Å². The lowest BCUT2D eigenvalue weighted by Crippen LogP contribution is -2.16. The molecule has 2 aromatic rings. The van der Waals surface area contributed by atoms with Gasteiger partial charge in [-0.3, -0.25) is 4.79 Å². The standard InChI is InChI=1S/C17H22N2OS/c1-5-13(3)21-14-8-9-15(12(2)11-14)18-17(20)16-7-6-10-19(16)4/h6-11,13H,5H2,1-4H3,(H,18,20). The predicted octanol–water partition coefficient (Wildman–Crippen LogP) is 4.48. The van der Waals surface area contributed by atoms with Crippen LogP contribution in [0.1, 0.15) is 36.3 Å². The Hall–Kier alpha value is -1.68. The third-order valence-corrected chi connectivity index (χ3v) is 4.80. The molecule has 2 rings (SSSR count). The second-order valence-corrected chi connectivity index (χ2v) is 6.78. The number of thioether (sulfide) groups is 1. The number of rotatable bonds is 5. The highest BCUT2D eigenvalue weighted by atomic mass is 32.2. The van der Waals surface area contributed by atoms with Crippen LogP contribution in [0.3, 0.4) is 0 Å². The van der Waals surface area contributed by atoms with E-state index in [0.29, 0.717) is 10.9 Å². The van der Waals surface area contributed by atoms with Crippen molar-refractivity contribution in [3.05, 3.63) is 47.8 Å². The van der Waals surface area contributed by atoms with Crippen molar-refractivity contribution in [1.82, 2.24) is 4.57 Å². The molecule has 3 nitrogen and oxygen atoms in total. The Balaban J connectivity index is 2.11. The second-order valence-electron chi connectivity index (χ2n) is 5.27. The van der Waals surface area contributed by atoms with E-state index in [2.05, 4.69) is 31.3 Å². The number of amides is 1. The molecule has 1 amide bonds. The van der Waals surface area contributed by atoms with E-state index >= 15 is 0 Å². The first-order chi connectivity index (χ1) is 10.0. The lowest BCUT2D eigenvalue weighted by molar-refractivity contribution is 0.101. The van der Waals surface area contributed by atoms with Gasteiger partial charge in [0, 0.05) is 29.1 Å². The zero-order chi connectivity index (χ0) is 15.4. The fraction of sp³-hybridized carbons (Fsp3) is 0.353. The molecule has 112 valence electrons. The lowest BCUT2D eigenvalue weighted by Gasteiger charge is -2.12. The van der Waals surface area contributed by atoms with Crippen molar-refractivity contribution >= 4 is 23.4 Å². The Morgan fingerprint density at radius 1 is 1.38 bits per heavy atom. The Labute approximate surface area is 130 Å². The summed E-state index contributed by atoms with van der Waals surface area (Å²) in [6.07, 6.45) is 3.02. The molecule has 0 radical (unpaired) electrons. The van der Waals surface area contributed by atoms with Crippen LogP contribution in [0.25, 0.3) is 0 Å². The molecule has 1 N–H and O–H groups in total. The highest BCUT2D eigenvalue weighted by Crippen LogP contribution is 2.28. The SMILES string of the molecule is CCC(C)Sc1ccc(NC(=O)c2cccn2C)c(C)c1. The molecule has 0 spiro atoms. The molecule has 1 unspecified atom stereocenters. The number of aryl methyl sites for hydroxylation is 2. The first kappa shape index (κ1) is 15.7. The fourth-order valence-corrected chi connectivity index (χ4v) is 3.07. The van der Waals surface area contributed by atoms with Crippen LogP contribution in [0, 0.1) is 6.92 Å². The molecule has 0 aliphatic heterocycles. The van der Waals surface area contributed by atoms with Crippen molar-refractivity contribution in [2.45, 2.75) is 37.3 Å². The van der Waals surface area contributed by atoms with E-state index in [0.717, 1.165) is 17.7 Å². The minimum Gasteiger partial charge on any atom is -0.347 e. The van der Waals surface area contributed by atoms with Gasteiger partial charge in [0.05, 0.1) is 0 Å². The van der Waals surface area contributed by atoms with Gasteiger partial charge in [0.25, 0.3) is 5.91 Å². The van der Waals surface area contributed by atoms with E-state index in [-0.39, 0.29) is 5.91 Å². The van der Waals surface area contributed by atoms with Crippen LogP contribution in [0.2, 0.25) is 0 Å². The smallest absolute Gasteiger partial charge is 0.272 e. The van der Waals surface area contributed by atoms with E-state index in [1.807, 2.05) is 54.7 Å². The summed E-state index contributed by atoms with van der Waals surface area (Å²) in [5.74, 6) is -0.0760. The first-order valence-electron chi connectivity index (χ1n) is 7.21. The molecular weight excluding hydrogens is 280 g/mol. The lowest BCUT2D eigenvalue weighted by atomic mass is 10.2. The molecule has 21 heavy (non-hydrogen) atoms.